The minimum absolute atomic E-state index is 0.00189. The van der Waals surface area contributed by atoms with Crippen LogP contribution in [0.3, 0.4) is 0 Å². The lowest BCUT2D eigenvalue weighted by atomic mass is 9.75. The Bertz CT molecular complexity index is 2810. The van der Waals surface area contributed by atoms with Gasteiger partial charge in [-0.1, -0.05) is 63.9 Å². The predicted octanol–water partition coefficient (Wildman–Crippen LogP) is 6.29. The minimum atomic E-state index is -1.01. The normalized spacial score (nSPS) is 20.7. The van der Waals surface area contributed by atoms with Gasteiger partial charge in [0.05, 0.1) is 68.6 Å². The van der Waals surface area contributed by atoms with Crippen LogP contribution in [-0.4, -0.2) is 124 Å². The number of carbonyl (C=O) groups is 4. The molecule has 2 fully saturated rings. The first-order valence-electron chi connectivity index (χ1n) is 25.5. The van der Waals surface area contributed by atoms with E-state index in [1.54, 1.807) is 22.9 Å². The summed E-state index contributed by atoms with van der Waals surface area (Å²) in [4.78, 5) is 53.4. The number of nitrogens with one attached hydrogen (secondary N) is 2. The molecule has 4 unspecified atom stereocenters. The number of aliphatic hydroxyl groups is 1. The molecule has 5 heterocycles. The lowest BCUT2D eigenvalue weighted by Gasteiger charge is -2.50. The summed E-state index contributed by atoms with van der Waals surface area (Å²) in [7, 11) is 0. The van der Waals surface area contributed by atoms with Gasteiger partial charge in [-0.15, -0.1) is 5.10 Å². The van der Waals surface area contributed by atoms with E-state index in [1.165, 1.54) is 33.4 Å². The van der Waals surface area contributed by atoms with Crippen molar-refractivity contribution in [3.05, 3.63) is 134 Å². The summed E-state index contributed by atoms with van der Waals surface area (Å²) in [6, 6.07) is 21.3. The number of amides is 4. The van der Waals surface area contributed by atoms with Crippen molar-refractivity contribution in [1.29, 1.82) is 0 Å². The van der Waals surface area contributed by atoms with E-state index < -0.39 is 35.3 Å². The fourth-order valence-electron chi connectivity index (χ4n) is 11.0. The Balaban J connectivity index is 0.704. The Morgan fingerprint density at radius 3 is 2.03 bits per heavy atom. The van der Waals surface area contributed by atoms with E-state index >= 15 is 0 Å². The number of carbonyl (C=O) groups excluding carboxylic acids is 4. The van der Waals surface area contributed by atoms with E-state index in [2.05, 4.69) is 109 Å². The summed E-state index contributed by atoms with van der Waals surface area (Å²) in [5.74, 6) is -0.709. The average Bonchev–Trinajstić information content (AvgIpc) is 3.88. The van der Waals surface area contributed by atoms with Gasteiger partial charge in [-0.05, 0) is 113 Å². The maximum absolute atomic E-state index is 13.1. The first-order valence-corrected chi connectivity index (χ1v) is 25.5. The number of aryl methyl sites for hydroxylation is 4. The van der Waals surface area contributed by atoms with E-state index in [0.29, 0.717) is 96.6 Å². The van der Waals surface area contributed by atoms with Crippen LogP contribution in [0.5, 0.6) is 11.5 Å². The highest BCUT2D eigenvalue weighted by Crippen LogP contribution is 2.47. The zero-order valence-electron chi connectivity index (χ0n) is 42.5. The highest BCUT2D eigenvalue weighted by atomic mass is 16.5. The number of imide groups is 2. The highest BCUT2D eigenvalue weighted by molar-refractivity contribution is 6.23. The van der Waals surface area contributed by atoms with Gasteiger partial charge in [-0.3, -0.25) is 34.3 Å². The highest BCUT2D eigenvalue weighted by Gasteiger charge is 2.46. The Hall–Kier alpha value is -6.50. The van der Waals surface area contributed by atoms with Gasteiger partial charge in [0.15, 0.2) is 11.5 Å². The number of fused-ring (bicyclic) bond motifs is 4. The van der Waals surface area contributed by atoms with Crippen LogP contribution in [0, 0.1) is 27.7 Å². The van der Waals surface area contributed by atoms with Crippen molar-refractivity contribution in [2.24, 2.45) is 0 Å². The number of aromatic nitrogens is 3. The number of hydrogen-bond donors (Lipinski definition) is 3. The number of ether oxygens (including phenoxy) is 5. The fourth-order valence-corrected chi connectivity index (χ4v) is 11.0. The molecule has 2 saturated heterocycles. The second-order valence-corrected chi connectivity index (χ2v) is 20.2. The largest absolute Gasteiger partial charge is 0.485 e. The monoisotopic (exact) mass is 997 g/mol. The molecule has 4 aliphatic heterocycles. The number of piperidine rings is 2. The maximum Gasteiger partial charge on any atom is 0.262 e. The first-order chi connectivity index (χ1) is 35.2. The predicted molar refractivity (Wildman–Crippen MR) is 272 cm³/mol. The van der Waals surface area contributed by atoms with Crippen molar-refractivity contribution >= 4 is 29.3 Å². The third-order valence-corrected chi connectivity index (χ3v) is 14.1. The van der Waals surface area contributed by atoms with Gasteiger partial charge in [0.1, 0.15) is 19.3 Å². The Morgan fingerprint density at radius 1 is 0.726 bits per heavy atom. The molecule has 0 spiro atoms. The van der Waals surface area contributed by atoms with Crippen LogP contribution in [-0.2, 0) is 56.4 Å². The van der Waals surface area contributed by atoms with Crippen LogP contribution in [0.25, 0.3) is 0 Å². The molecule has 4 aliphatic rings. The van der Waals surface area contributed by atoms with Crippen LogP contribution >= 0.6 is 0 Å². The molecule has 9 rings (SSSR count). The molecule has 4 atom stereocenters. The van der Waals surface area contributed by atoms with Crippen LogP contribution in [0.2, 0.25) is 0 Å². The molecule has 3 N–H and O–H groups in total. The van der Waals surface area contributed by atoms with Gasteiger partial charge in [-0.25, -0.2) is 4.68 Å². The van der Waals surface area contributed by atoms with Crippen molar-refractivity contribution in [3.8, 4) is 11.5 Å². The molecular formula is C56H67N7O10. The van der Waals surface area contributed by atoms with E-state index in [0.717, 1.165) is 40.4 Å². The number of nitrogens with zero attached hydrogens (tertiary/aromatic N) is 5. The molecule has 0 radical (unpaired) electrons. The van der Waals surface area contributed by atoms with Crippen LogP contribution in [0.1, 0.15) is 110 Å². The quantitative estimate of drug-likeness (QED) is 0.0517. The number of hydrogen-bond acceptors (Lipinski definition) is 14. The summed E-state index contributed by atoms with van der Waals surface area (Å²) >= 11 is 0. The molecule has 17 nitrogen and oxygen atoms in total. The number of rotatable bonds is 22. The van der Waals surface area contributed by atoms with Crippen molar-refractivity contribution in [3.63, 3.8) is 0 Å². The molecular weight excluding hydrogens is 931 g/mol. The fraction of sp³-hybridized carbons (Fsp3) is 0.464. The van der Waals surface area contributed by atoms with E-state index in [9.17, 15) is 24.3 Å². The first kappa shape index (κ1) is 51.4. The molecule has 386 valence electrons. The van der Waals surface area contributed by atoms with Gasteiger partial charge in [0.25, 0.3) is 11.8 Å². The molecule has 0 aliphatic carbocycles. The van der Waals surface area contributed by atoms with Gasteiger partial charge in [0, 0.05) is 49.9 Å². The second-order valence-electron chi connectivity index (χ2n) is 20.2. The van der Waals surface area contributed by atoms with Crippen LogP contribution < -0.4 is 20.1 Å². The standard InChI is InChI=1S/C56H67N7O10/c1-35-20-36(2)23-40(22-35)33-72-50-26-42-10-12-62-39(5)29-56(68,31-49(62)46(42)28-51(50)73-34-41-24-37(3)21-38(4)25-41)30-44-32-61(60-59-44)13-15-70-17-19-71-18-16-69-14-11-57-43-6-7-45-47(27-43)55(67)63(54(45)66)48-8-9-52(64)58-53(48)65/h6-7,20-28,32,39,48-49,57,68H,8-19,29-31,33-34H2,1-5H3,(H,58,64,65). The van der Waals surface area contributed by atoms with Crippen molar-refractivity contribution < 1.29 is 48.0 Å². The molecule has 1 aromatic heterocycles. The molecule has 4 amide bonds. The zero-order valence-corrected chi connectivity index (χ0v) is 42.5. The molecule has 0 bridgehead atoms. The number of anilines is 1. The van der Waals surface area contributed by atoms with Crippen molar-refractivity contribution in [2.45, 2.75) is 117 Å². The average molecular weight is 998 g/mol. The van der Waals surface area contributed by atoms with Gasteiger partial charge >= 0.3 is 0 Å². The van der Waals surface area contributed by atoms with Gasteiger partial charge in [0.2, 0.25) is 11.8 Å². The van der Waals surface area contributed by atoms with Gasteiger partial charge < -0.3 is 34.1 Å². The third-order valence-electron chi connectivity index (χ3n) is 14.1. The van der Waals surface area contributed by atoms with Crippen molar-refractivity contribution in [1.82, 2.24) is 30.1 Å². The zero-order chi connectivity index (χ0) is 51.2. The Labute approximate surface area is 426 Å². The van der Waals surface area contributed by atoms with E-state index in [1.807, 2.05) is 6.20 Å². The van der Waals surface area contributed by atoms with Crippen LogP contribution in [0.15, 0.2) is 72.9 Å². The van der Waals surface area contributed by atoms with Crippen LogP contribution in [0.4, 0.5) is 5.69 Å². The molecule has 4 aromatic carbocycles. The van der Waals surface area contributed by atoms with Gasteiger partial charge in [-0.2, -0.15) is 0 Å². The summed E-state index contributed by atoms with van der Waals surface area (Å²) in [5.41, 5.74) is 10.3. The molecule has 17 heteroatoms. The van der Waals surface area contributed by atoms with E-state index in [4.69, 9.17) is 23.7 Å². The van der Waals surface area contributed by atoms with E-state index in [-0.39, 0.29) is 36.1 Å². The Morgan fingerprint density at radius 2 is 1.36 bits per heavy atom. The second kappa shape index (κ2) is 22.7. The molecule has 0 saturated carbocycles. The lowest BCUT2D eigenvalue weighted by molar-refractivity contribution is -0.136. The topological polar surface area (TPSA) is 196 Å². The Kier molecular flexibility index (Phi) is 16.0. The summed E-state index contributed by atoms with van der Waals surface area (Å²) < 4.78 is 32.1. The lowest BCUT2D eigenvalue weighted by Crippen LogP contribution is -2.54. The summed E-state index contributed by atoms with van der Waals surface area (Å²) in [6.07, 6.45) is 4.53. The summed E-state index contributed by atoms with van der Waals surface area (Å²) in [6.45, 7) is 15.7. The van der Waals surface area contributed by atoms with Crippen molar-refractivity contribution in [2.75, 3.05) is 58.0 Å². The SMILES string of the molecule is Cc1cc(C)cc(COc2cc3c(cc2OCc2cc(C)cc(C)c2)C2CC(O)(Cc4cn(CCOCCOCCOCCNc5ccc6c(c5)C(=O)N(C5CCC(=O)NC5=O)C6=O)nn4)CC(C)N2CC3)c1. The summed E-state index contributed by atoms with van der Waals surface area (Å²) in [5, 5.41) is 26.5. The number of benzene rings is 4. The maximum atomic E-state index is 13.1. The molecule has 5 aromatic rings. The smallest absolute Gasteiger partial charge is 0.262 e. The molecule has 73 heavy (non-hydrogen) atoms. The minimum Gasteiger partial charge on any atom is -0.485 e. The third kappa shape index (κ3) is 12.5.